The molecule has 0 bridgehead atoms. The number of nitrogens with one attached hydrogen (secondary N) is 1. The van der Waals surface area contributed by atoms with Gasteiger partial charge in [0.15, 0.2) is 0 Å². The summed E-state index contributed by atoms with van der Waals surface area (Å²) in [7, 11) is 0. The molecule has 0 unspecified atom stereocenters. The molecule has 2 rings (SSSR count). The predicted molar refractivity (Wildman–Crippen MR) is 107 cm³/mol. The monoisotopic (exact) mass is 400 g/mol. The molecule has 0 saturated carbocycles. The van der Waals surface area contributed by atoms with Crippen LogP contribution >= 0.6 is 15.9 Å². The minimum absolute atomic E-state index is 0.476. The van der Waals surface area contributed by atoms with Crippen molar-refractivity contribution in [1.29, 1.82) is 5.26 Å². The fourth-order valence-corrected chi connectivity index (χ4v) is 3.61. The number of rotatable bonds is 8. The van der Waals surface area contributed by atoms with Gasteiger partial charge in [0.2, 0.25) is 0 Å². The largest absolute Gasteiger partial charge is 0.289 e. The third-order valence-corrected chi connectivity index (χ3v) is 5.00. The van der Waals surface area contributed by atoms with Crippen molar-refractivity contribution in [3.63, 3.8) is 0 Å². The molecule has 0 aliphatic heterocycles. The van der Waals surface area contributed by atoms with E-state index in [4.69, 9.17) is 5.73 Å². The Kier molecular flexibility index (Phi) is 7.46. The Labute approximate surface area is 159 Å². The second kappa shape index (κ2) is 9.58. The van der Waals surface area contributed by atoms with E-state index in [1.54, 1.807) is 0 Å². The number of unbranched alkanes of at least 4 members (excludes halogenated alkanes) is 3. The summed E-state index contributed by atoms with van der Waals surface area (Å²) in [6.07, 6.45) is 7.69. The van der Waals surface area contributed by atoms with Crippen molar-refractivity contribution in [2.75, 3.05) is 5.73 Å². The molecule has 132 valence electrons. The van der Waals surface area contributed by atoms with Crippen molar-refractivity contribution in [2.24, 2.45) is 0 Å². The summed E-state index contributed by atoms with van der Waals surface area (Å²) < 4.78 is 1.01. The lowest BCUT2D eigenvalue weighted by atomic mass is 9.90. The fraction of sp³-hybridized carbons (Fsp3) is 0.429. The van der Waals surface area contributed by atoms with Crippen LogP contribution in [0.1, 0.15) is 62.8 Å². The number of nitrogens with zero attached hydrogens (tertiary/aromatic N) is 1. The Morgan fingerprint density at radius 3 is 2.52 bits per heavy atom. The van der Waals surface area contributed by atoms with Gasteiger partial charge in [-0.25, -0.2) is 4.98 Å². The van der Waals surface area contributed by atoms with Crippen LogP contribution in [0.5, 0.6) is 0 Å². The van der Waals surface area contributed by atoms with Gasteiger partial charge in [0.1, 0.15) is 17.3 Å². The smallest absolute Gasteiger partial charge is 0.286 e. The summed E-state index contributed by atoms with van der Waals surface area (Å²) >= 11 is 3.55. The Morgan fingerprint density at radius 2 is 1.88 bits per heavy atom. The molecule has 3 N–H and O–H groups in total. The molecule has 1 heterocycles. The summed E-state index contributed by atoms with van der Waals surface area (Å²) in [6, 6.07) is 10.5. The molecule has 0 atom stereocenters. The number of aromatic amines is 1. The molecule has 0 radical (unpaired) electrons. The van der Waals surface area contributed by atoms with Gasteiger partial charge in [-0.2, -0.15) is 5.26 Å². The number of halogens is 1. The number of aromatic nitrogens is 1. The lowest BCUT2D eigenvalue weighted by Crippen LogP contribution is -2.22. The van der Waals surface area contributed by atoms with Gasteiger partial charge in [0, 0.05) is 22.0 Å². The van der Waals surface area contributed by atoms with Gasteiger partial charge in [-0.3, -0.25) is 5.73 Å². The van der Waals surface area contributed by atoms with E-state index in [1.165, 1.54) is 24.1 Å². The van der Waals surface area contributed by atoms with E-state index in [9.17, 15) is 5.26 Å². The third-order valence-electron chi connectivity index (χ3n) is 4.51. The maximum atomic E-state index is 9.72. The average molecular weight is 401 g/mol. The highest BCUT2D eigenvalue weighted by atomic mass is 79.9. The first-order valence-corrected chi connectivity index (χ1v) is 9.94. The summed E-state index contributed by atoms with van der Waals surface area (Å²) in [5.74, 6) is 0.476. The zero-order valence-corrected chi connectivity index (χ0v) is 16.7. The zero-order valence-electron chi connectivity index (χ0n) is 15.2. The van der Waals surface area contributed by atoms with Crippen molar-refractivity contribution in [1.82, 2.24) is 0 Å². The highest BCUT2D eigenvalue weighted by Gasteiger charge is 2.22. The maximum Gasteiger partial charge on any atom is 0.289 e. The Balaban J connectivity index is 2.64. The highest BCUT2D eigenvalue weighted by molar-refractivity contribution is 9.10. The van der Waals surface area contributed by atoms with E-state index < -0.39 is 0 Å². The van der Waals surface area contributed by atoms with Gasteiger partial charge < -0.3 is 0 Å². The molecule has 2 aromatic rings. The van der Waals surface area contributed by atoms with E-state index in [-0.39, 0.29) is 0 Å². The number of benzene rings is 1. The Morgan fingerprint density at radius 1 is 1.12 bits per heavy atom. The van der Waals surface area contributed by atoms with Crippen LogP contribution in [0.4, 0.5) is 5.82 Å². The van der Waals surface area contributed by atoms with Gasteiger partial charge in [-0.1, -0.05) is 61.2 Å². The standard InChI is InChI=1S/C21H26BrN3/c1-3-5-7-12-19-17(11-6-4-2)20(18(14-23)21(24)25-19)15-9-8-10-16(22)13-15/h8-10,13H,3-7,11-12H2,1-2H3,(H2,24,25)/p+1. The maximum absolute atomic E-state index is 9.72. The van der Waals surface area contributed by atoms with Crippen LogP contribution in [0, 0.1) is 11.3 Å². The fourth-order valence-electron chi connectivity index (χ4n) is 3.21. The molecule has 4 heteroatoms. The second-order valence-corrected chi connectivity index (χ2v) is 7.34. The minimum Gasteiger partial charge on any atom is -0.286 e. The van der Waals surface area contributed by atoms with E-state index in [2.05, 4.69) is 53.0 Å². The van der Waals surface area contributed by atoms with E-state index in [0.29, 0.717) is 11.4 Å². The summed E-state index contributed by atoms with van der Waals surface area (Å²) in [6.45, 7) is 4.41. The lowest BCUT2D eigenvalue weighted by Gasteiger charge is -2.15. The van der Waals surface area contributed by atoms with Crippen molar-refractivity contribution >= 4 is 21.7 Å². The van der Waals surface area contributed by atoms with E-state index in [1.807, 2.05) is 12.1 Å². The summed E-state index contributed by atoms with van der Waals surface area (Å²) in [5, 5.41) is 9.72. The first-order chi connectivity index (χ1) is 12.1. The number of nitriles is 1. The zero-order chi connectivity index (χ0) is 18.2. The summed E-state index contributed by atoms with van der Waals surface area (Å²) in [4.78, 5) is 3.33. The van der Waals surface area contributed by atoms with Gasteiger partial charge in [0.05, 0.1) is 0 Å². The van der Waals surface area contributed by atoms with Gasteiger partial charge in [0.25, 0.3) is 5.82 Å². The number of hydrogen-bond donors (Lipinski definition) is 1. The number of H-pyrrole nitrogens is 1. The lowest BCUT2D eigenvalue weighted by molar-refractivity contribution is -0.374. The molecule has 0 saturated heterocycles. The van der Waals surface area contributed by atoms with E-state index >= 15 is 0 Å². The van der Waals surface area contributed by atoms with Crippen molar-refractivity contribution in [3.8, 4) is 17.2 Å². The highest BCUT2D eigenvalue weighted by Crippen LogP contribution is 2.33. The van der Waals surface area contributed by atoms with Crippen LogP contribution in [0.15, 0.2) is 28.7 Å². The van der Waals surface area contributed by atoms with Gasteiger partial charge in [-0.05, 0) is 37.0 Å². The van der Waals surface area contributed by atoms with Crippen LogP contribution in [0.2, 0.25) is 0 Å². The Hall–Kier alpha value is -1.86. The van der Waals surface area contributed by atoms with Crippen molar-refractivity contribution in [3.05, 3.63) is 45.6 Å². The second-order valence-electron chi connectivity index (χ2n) is 6.43. The number of pyridine rings is 1. The predicted octanol–water partition coefficient (Wildman–Crippen LogP) is 5.46. The topological polar surface area (TPSA) is 63.9 Å². The van der Waals surface area contributed by atoms with Crippen LogP contribution < -0.4 is 10.7 Å². The molecule has 3 nitrogen and oxygen atoms in total. The first-order valence-electron chi connectivity index (χ1n) is 9.14. The first kappa shape index (κ1) is 19.5. The molecule has 1 aromatic carbocycles. The molecule has 1 aromatic heterocycles. The molecule has 0 spiro atoms. The SMILES string of the molecule is CCCCCc1[nH+]c(N)c(C#N)c(-c2cccc(Br)c2)c1CCCC. The van der Waals surface area contributed by atoms with E-state index in [0.717, 1.165) is 47.7 Å². The van der Waals surface area contributed by atoms with Gasteiger partial charge >= 0.3 is 0 Å². The molecular formula is C21H27BrN3+. The third kappa shape index (κ3) is 4.83. The molecule has 0 aliphatic rings. The van der Waals surface area contributed by atoms with Crippen LogP contribution in [-0.2, 0) is 12.8 Å². The van der Waals surface area contributed by atoms with Crippen LogP contribution in [0.3, 0.4) is 0 Å². The normalized spacial score (nSPS) is 10.6. The summed E-state index contributed by atoms with van der Waals surface area (Å²) in [5.41, 5.74) is 11.3. The quantitative estimate of drug-likeness (QED) is 0.597. The van der Waals surface area contributed by atoms with Crippen molar-refractivity contribution in [2.45, 2.75) is 58.8 Å². The van der Waals surface area contributed by atoms with Crippen LogP contribution in [-0.4, -0.2) is 0 Å². The van der Waals surface area contributed by atoms with Crippen LogP contribution in [0.25, 0.3) is 11.1 Å². The molecule has 0 aliphatic carbocycles. The number of hydrogen-bond acceptors (Lipinski definition) is 2. The molecule has 0 fully saturated rings. The number of nitrogen functional groups attached to an aromatic ring is 1. The molecular weight excluding hydrogens is 374 g/mol. The number of nitrogens with two attached hydrogens (primary N) is 1. The average Bonchev–Trinajstić information content (AvgIpc) is 2.60. The number of anilines is 1. The minimum atomic E-state index is 0.476. The van der Waals surface area contributed by atoms with Crippen molar-refractivity contribution < 1.29 is 4.98 Å². The Bertz CT molecular complexity index is 762. The number of aryl methyl sites for hydroxylation is 1. The van der Waals surface area contributed by atoms with Gasteiger partial charge in [-0.15, -0.1) is 0 Å². The molecule has 0 amide bonds. The molecule has 25 heavy (non-hydrogen) atoms.